The lowest BCUT2D eigenvalue weighted by molar-refractivity contribution is -0.124. The first-order valence-electron chi connectivity index (χ1n) is 12.3. The summed E-state index contributed by atoms with van der Waals surface area (Å²) in [5.74, 6) is 0.199. The molecule has 1 fully saturated rings. The zero-order valence-corrected chi connectivity index (χ0v) is 20.6. The van der Waals surface area contributed by atoms with Gasteiger partial charge in [0.25, 0.3) is 0 Å². The van der Waals surface area contributed by atoms with Gasteiger partial charge < -0.3 is 13.9 Å². The number of fused-ring (bicyclic) bond motifs is 1. The van der Waals surface area contributed by atoms with Crippen molar-refractivity contribution in [2.24, 2.45) is 11.8 Å². The smallest absolute Gasteiger partial charge is 0.341 e. The molecule has 0 atom stereocenters. The van der Waals surface area contributed by atoms with Crippen molar-refractivity contribution in [1.29, 1.82) is 0 Å². The molecule has 1 amide bonds. The second-order valence-corrected chi connectivity index (χ2v) is 9.81. The Morgan fingerprint density at radius 2 is 1.72 bits per heavy atom. The standard InChI is InChI=1S/C28H29N3O5/c1-16(2)31(26(32)20-8-6-17(3)7-9-20)27-21(28(33)34)15-23(36-27)18-10-12-19(13-11-18)25-30-24-22(35-25)5-4-14-29-24/h4-5,10-17,20H,6-9H2,1-3H3,(H,33,34). The first kappa shape index (κ1) is 23.8. The fraction of sp³-hybridized carbons (Fsp3) is 0.357. The molecule has 0 bridgehead atoms. The van der Waals surface area contributed by atoms with E-state index in [1.807, 2.05) is 38.1 Å². The molecular formula is C28H29N3O5. The molecule has 4 aromatic rings. The molecule has 0 saturated heterocycles. The fourth-order valence-electron chi connectivity index (χ4n) is 4.82. The van der Waals surface area contributed by atoms with E-state index in [-0.39, 0.29) is 29.3 Å². The Hall–Kier alpha value is -3.94. The average Bonchev–Trinajstić information content (AvgIpc) is 3.49. The van der Waals surface area contributed by atoms with E-state index in [1.165, 1.54) is 11.0 Å². The van der Waals surface area contributed by atoms with Gasteiger partial charge in [0.15, 0.2) is 11.2 Å². The van der Waals surface area contributed by atoms with Crippen molar-refractivity contribution in [2.75, 3.05) is 4.90 Å². The summed E-state index contributed by atoms with van der Waals surface area (Å²) in [6, 6.07) is 12.1. The lowest BCUT2D eigenvalue weighted by atomic mass is 9.82. The van der Waals surface area contributed by atoms with Crippen LogP contribution in [0.2, 0.25) is 0 Å². The third-order valence-corrected chi connectivity index (χ3v) is 6.86. The van der Waals surface area contributed by atoms with Gasteiger partial charge >= 0.3 is 5.97 Å². The molecule has 0 unspecified atom stereocenters. The van der Waals surface area contributed by atoms with Gasteiger partial charge in [-0.25, -0.2) is 9.78 Å². The number of benzene rings is 1. The summed E-state index contributed by atoms with van der Waals surface area (Å²) in [5.41, 5.74) is 2.55. The van der Waals surface area contributed by atoms with E-state index in [2.05, 4.69) is 16.9 Å². The number of amides is 1. The van der Waals surface area contributed by atoms with Crippen LogP contribution in [0.1, 0.15) is 56.8 Å². The number of carboxylic acids is 1. The molecule has 3 aromatic heterocycles. The number of nitrogens with zero attached hydrogens (tertiary/aromatic N) is 3. The first-order valence-corrected chi connectivity index (χ1v) is 12.3. The largest absolute Gasteiger partial charge is 0.477 e. The van der Waals surface area contributed by atoms with E-state index < -0.39 is 5.97 Å². The molecule has 0 aliphatic heterocycles. The highest BCUT2D eigenvalue weighted by Crippen LogP contribution is 2.37. The third-order valence-electron chi connectivity index (χ3n) is 6.86. The van der Waals surface area contributed by atoms with E-state index >= 15 is 0 Å². The summed E-state index contributed by atoms with van der Waals surface area (Å²) in [4.78, 5) is 35.8. The van der Waals surface area contributed by atoms with Crippen LogP contribution in [0.3, 0.4) is 0 Å². The molecule has 0 radical (unpaired) electrons. The van der Waals surface area contributed by atoms with Crippen molar-refractivity contribution in [3.05, 3.63) is 54.2 Å². The van der Waals surface area contributed by atoms with E-state index in [4.69, 9.17) is 8.83 Å². The Kier molecular flexibility index (Phi) is 6.35. The number of hydrogen-bond donors (Lipinski definition) is 1. The number of furan rings is 1. The predicted octanol–water partition coefficient (Wildman–Crippen LogP) is 6.42. The highest BCUT2D eigenvalue weighted by atomic mass is 16.4. The zero-order valence-electron chi connectivity index (χ0n) is 20.6. The molecule has 0 spiro atoms. The number of aromatic nitrogens is 2. The van der Waals surface area contributed by atoms with Crippen molar-refractivity contribution in [1.82, 2.24) is 9.97 Å². The van der Waals surface area contributed by atoms with E-state index in [0.29, 0.717) is 34.4 Å². The van der Waals surface area contributed by atoms with Crippen LogP contribution in [0.15, 0.2) is 57.5 Å². The van der Waals surface area contributed by atoms with Crippen LogP contribution in [0.5, 0.6) is 0 Å². The number of aromatic carboxylic acids is 1. The first-order chi connectivity index (χ1) is 17.3. The maximum Gasteiger partial charge on any atom is 0.341 e. The van der Waals surface area contributed by atoms with Gasteiger partial charge in [-0.3, -0.25) is 9.69 Å². The topological polar surface area (TPSA) is 110 Å². The lowest BCUT2D eigenvalue weighted by Crippen LogP contribution is -2.42. The molecule has 5 rings (SSSR count). The minimum Gasteiger partial charge on any atom is -0.477 e. The molecule has 1 saturated carbocycles. The van der Waals surface area contributed by atoms with Gasteiger partial charge in [0, 0.05) is 35.3 Å². The number of carboxylic acid groups (broad SMARTS) is 1. The van der Waals surface area contributed by atoms with Crippen molar-refractivity contribution in [2.45, 2.75) is 52.5 Å². The monoisotopic (exact) mass is 487 g/mol. The fourth-order valence-corrected chi connectivity index (χ4v) is 4.82. The van der Waals surface area contributed by atoms with Gasteiger partial charge in [0.1, 0.15) is 11.3 Å². The van der Waals surface area contributed by atoms with Gasteiger partial charge in [0.2, 0.25) is 17.7 Å². The molecule has 36 heavy (non-hydrogen) atoms. The molecule has 8 heteroatoms. The molecule has 3 heterocycles. The Morgan fingerprint density at radius 3 is 2.36 bits per heavy atom. The molecule has 1 aromatic carbocycles. The zero-order chi connectivity index (χ0) is 25.4. The SMILES string of the molecule is CC1CCC(C(=O)N(c2oc(-c3ccc(-c4nc5ncccc5o4)cc3)cc2C(=O)O)C(C)C)CC1. The number of carbonyl (C=O) groups excluding carboxylic acids is 1. The van der Waals surface area contributed by atoms with Crippen LogP contribution >= 0.6 is 0 Å². The molecule has 1 N–H and O–H groups in total. The number of rotatable bonds is 6. The van der Waals surface area contributed by atoms with E-state index in [1.54, 1.807) is 18.3 Å². The highest BCUT2D eigenvalue weighted by molar-refractivity contribution is 6.02. The van der Waals surface area contributed by atoms with Crippen molar-refractivity contribution in [3.63, 3.8) is 0 Å². The minimum atomic E-state index is -1.13. The molecule has 1 aliphatic carbocycles. The minimum absolute atomic E-state index is 0.0228. The van der Waals surface area contributed by atoms with Crippen LogP contribution in [-0.2, 0) is 4.79 Å². The summed E-state index contributed by atoms with van der Waals surface area (Å²) in [7, 11) is 0. The molecule has 1 aliphatic rings. The maximum absolute atomic E-state index is 13.5. The summed E-state index contributed by atoms with van der Waals surface area (Å²) < 4.78 is 11.9. The van der Waals surface area contributed by atoms with Gasteiger partial charge in [0.05, 0.1) is 0 Å². The normalized spacial score (nSPS) is 18.0. The van der Waals surface area contributed by atoms with Crippen molar-refractivity contribution >= 4 is 29.0 Å². The Bertz CT molecular complexity index is 1360. The number of anilines is 1. The Balaban J connectivity index is 1.46. The van der Waals surface area contributed by atoms with Gasteiger partial charge in [-0.15, -0.1) is 0 Å². The number of oxazole rings is 1. The number of pyridine rings is 1. The number of hydrogen-bond acceptors (Lipinski definition) is 6. The van der Waals surface area contributed by atoms with E-state index in [9.17, 15) is 14.7 Å². The summed E-state index contributed by atoms with van der Waals surface area (Å²) in [6.07, 6.45) is 5.28. The van der Waals surface area contributed by atoms with Crippen LogP contribution < -0.4 is 4.90 Å². The molecular weight excluding hydrogens is 458 g/mol. The van der Waals surface area contributed by atoms with E-state index in [0.717, 1.165) is 31.2 Å². The highest BCUT2D eigenvalue weighted by Gasteiger charge is 2.34. The third kappa shape index (κ3) is 4.51. The molecule has 8 nitrogen and oxygen atoms in total. The van der Waals surface area contributed by atoms with Crippen molar-refractivity contribution in [3.8, 4) is 22.8 Å². The maximum atomic E-state index is 13.5. The van der Waals surface area contributed by atoms with Gasteiger partial charge in [-0.05, 0) is 69.7 Å². The summed E-state index contributed by atoms with van der Waals surface area (Å²) >= 11 is 0. The van der Waals surface area contributed by atoms with Crippen LogP contribution in [-0.4, -0.2) is 33.0 Å². The van der Waals surface area contributed by atoms with Gasteiger partial charge in [-0.2, -0.15) is 4.98 Å². The van der Waals surface area contributed by atoms with Crippen LogP contribution in [0.4, 0.5) is 5.88 Å². The number of carbonyl (C=O) groups is 2. The lowest BCUT2D eigenvalue weighted by Gasteiger charge is -2.32. The quantitative estimate of drug-likeness (QED) is 0.334. The van der Waals surface area contributed by atoms with Crippen LogP contribution in [0.25, 0.3) is 34.0 Å². The second kappa shape index (κ2) is 9.60. The molecule has 186 valence electrons. The predicted molar refractivity (Wildman–Crippen MR) is 136 cm³/mol. The van der Waals surface area contributed by atoms with Gasteiger partial charge in [-0.1, -0.05) is 19.1 Å². The van der Waals surface area contributed by atoms with Crippen molar-refractivity contribution < 1.29 is 23.5 Å². The average molecular weight is 488 g/mol. The Labute approximate surface area is 209 Å². The summed E-state index contributed by atoms with van der Waals surface area (Å²) in [5, 5.41) is 9.92. The van der Waals surface area contributed by atoms with Crippen LogP contribution in [0, 0.1) is 11.8 Å². The Morgan fingerprint density at radius 1 is 1.03 bits per heavy atom. The summed E-state index contributed by atoms with van der Waals surface area (Å²) in [6.45, 7) is 5.96. The second-order valence-electron chi connectivity index (χ2n) is 9.81.